The van der Waals surface area contributed by atoms with Crippen LogP contribution in [0.2, 0.25) is 0 Å². The highest BCUT2D eigenvalue weighted by Crippen LogP contribution is 2.38. The van der Waals surface area contributed by atoms with Crippen LogP contribution in [-0.2, 0) is 16.9 Å². The van der Waals surface area contributed by atoms with Crippen LogP contribution in [0.25, 0.3) is 0 Å². The number of rotatable bonds is 6. The average molecular weight is 441 g/mol. The van der Waals surface area contributed by atoms with E-state index in [9.17, 15) is 4.79 Å². The number of methoxy groups -OCH3 is 3. The highest BCUT2D eigenvalue weighted by atomic mass is 32.3. The molecule has 2 rings (SSSR count). The number of nitrogens with two attached hydrogens (primary N) is 1. The Hall–Kier alpha value is -3.35. The topological polar surface area (TPSA) is 170 Å². The van der Waals surface area contributed by atoms with Gasteiger partial charge in [-0.25, -0.2) is 4.99 Å². The van der Waals surface area contributed by atoms with E-state index in [0.29, 0.717) is 29.4 Å². The molecular weight excluding hydrogens is 418 g/mol. The van der Waals surface area contributed by atoms with Crippen LogP contribution in [0.3, 0.4) is 0 Å². The fourth-order valence-corrected chi connectivity index (χ4v) is 2.20. The van der Waals surface area contributed by atoms with Crippen molar-refractivity contribution in [3.63, 3.8) is 0 Å². The molecule has 0 heterocycles. The van der Waals surface area contributed by atoms with Crippen molar-refractivity contribution in [3.05, 3.63) is 53.6 Å². The normalized spacial score (nSPS) is 11.0. The second-order valence-corrected chi connectivity index (χ2v) is 6.40. The Morgan fingerprint density at radius 1 is 1.03 bits per heavy atom. The van der Waals surface area contributed by atoms with E-state index >= 15 is 0 Å². The SMILES string of the molecule is COc1cc(C(=O)NC(N)=NCc2ccccc2)cc(OC)c1OC.O=S(=O)(O)O. The second kappa shape index (κ2) is 11.6. The molecule has 0 atom stereocenters. The zero-order valence-corrected chi connectivity index (χ0v) is 17.3. The van der Waals surface area contributed by atoms with Gasteiger partial charge in [0.2, 0.25) is 5.75 Å². The Kier molecular flexibility index (Phi) is 9.55. The summed E-state index contributed by atoms with van der Waals surface area (Å²) in [5, 5.41) is 2.54. The third-order valence-electron chi connectivity index (χ3n) is 3.44. The summed E-state index contributed by atoms with van der Waals surface area (Å²) in [4.78, 5) is 16.5. The maximum absolute atomic E-state index is 12.4. The van der Waals surface area contributed by atoms with E-state index in [-0.39, 0.29) is 5.96 Å². The lowest BCUT2D eigenvalue weighted by atomic mass is 10.1. The van der Waals surface area contributed by atoms with Gasteiger partial charge in [-0.2, -0.15) is 8.42 Å². The van der Waals surface area contributed by atoms with E-state index in [2.05, 4.69) is 10.3 Å². The molecule has 12 heteroatoms. The molecule has 0 aliphatic carbocycles. The van der Waals surface area contributed by atoms with Crippen molar-refractivity contribution >= 4 is 22.3 Å². The lowest BCUT2D eigenvalue weighted by Gasteiger charge is -2.14. The van der Waals surface area contributed by atoms with Crippen molar-refractivity contribution in [1.29, 1.82) is 0 Å². The van der Waals surface area contributed by atoms with Crippen molar-refractivity contribution in [2.75, 3.05) is 21.3 Å². The third-order valence-corrected chi connectivity index (χ3v) is 3.44. The van der Waals surface area contributed by atoms with Gasteiger partial charge in [0.1, 0.15) is 0 Å². The number of carbonyl (C=O) groups excluding carboxylic acids is 1. The number of amides is 1. The van der Waals surface area contributed by atoms with Crippen LogP contribution in [0, 0.1) is 0 Å². The number of hydrogen-bond acceptors (Lipinski definition) is 7. The summed E-state index contributed by atoms with van der Waals surface area (Å²) in [6, 6.07) is 12.7. The van der Waals surface area contributed by atoms with E-state index < -0.39 is 16.3 Å². The molecule has 2 aromatic carbocycles. The fraction of sp³-hybridized carbons (Fsp3) is 0.222. The number of nitrogens with zero attached hydrogens (tertiary/aromatic N) is 1. The van der Waals surface area contributed by atoms with E-state index in [1.54, 1.807) is 12.1 Å². The minimum absolute atomic E-state index is 0.0302. The molecule has 0 spiro atoms. The molecule has 2 aromatic rings. The van der Waals surface area contributed by atoms with Gasteiger partial charge < -0.3 is 19.9 Å². The first-order valence-electron chi connectivity index (χ1n) is 8.24. The largest absolute Gasteiger partial charge is 0.493 e. The monoisotopic (exact) mass is 441 g/mol. The van der Waals surface area contributed by atoms with Gasteiger partial charge in [0.05, 0.1) is 27.9 Å². The first-order valence-corrected chi connectivity index (χ1v) is 9.63. The van der Waals surface area contributed by atoms with Crippen molar-refractivity contribution in [1.82, 2.24) is 5.32 Å². The Morgan fingerprint density at radius 2 is 1.53 bits per heavy atom. The Labute approximate surface area is 174 Å². The summed E-state index contributed by atoms with van der Waals surface area (Å²) in [6.45, 7) is 0.377. The van der Waals surface area contributed by atoms with Gasteiger partial charge in [0.25, 0.3) is 5.91 Å². The Bertz CT molecular complexity index is 945. The van der Waals surface area contributed by atoms with E-state index in [0.717, 1.165) is 5.56 Å². The Morgan fingerprint density at radius 3 is 1.97 bits per heavy atom. The van der Waals surface area contributed by atoms with Gasteiger partial charge in [0.15, 0.2) is 17.5 Å². The van der Waals surface area contributed by atoms with Crippen molar-refractivity contribution in [2.45, 2.75) is 6.54 Å². The zero-order valence-electron chi connectivity index (χ0n) is 16.5. The number of nitrogens with one attached hydrogen (secondary N) is 1. The molecule has 0 radical (unpaired) electrons. The molecule has 0 unspecified atom stereocenters. The van der Waals surface area contributed by atoms with Crippen LogP contribution >= 0.6 is 0 Å². The quantitative estimate of drug-likeness (QED) is 0.293. The van der Waals surface area contributed by atoms with E-state index in [1.165, 1.54) is 21.3 Å². The van der Waals surface area contributed by atoms with Crippen molar-refractivity contribution in [3.8, 4) is 17.2 Å². The molecule has 164 valence electrons. The van der Waals surface area contributed by atoms with Gasteiger partial charge >= 0.3 is 10.4 Å². The van der Waals surface area contributed by atoms with Gasteiger partial charge in [-0.05, 0) is 17.7 Å². The molecule has 0 aliphatic heterocycles. The van der Waals surface area contributed by atoms with E-state index in [4.69, 9.17) is 37.5 Å². The van der Waals surface area contributed by atoms with Gasteiger partial charge in [0, 0.05) is 5.56 Å². The maximum atomic E-state index is 12.4. The van der Waals surface area contributed by atoms with Crippen LogP contribution in [0.15, 0.2) is 47.5 Å². The minimum Gasteiger partial charge on any atom is -0.493 e. The molecule has 0 aliphatic rings. The molecule has 0 bridgehead atoms. The molecule has 5 N–H and O–H groups in total. The molecule has 1 amide bonds. The van der Waals surface area contributed by atoms with Crippen LogP contribution in [0.5, 0.6) is 17.2 Å². The summed E-state index contributed by atoms with van der Waals surface area (Å²) in [7, 11) is -0.211. The number of hydrogen-bond donors (Lipinski definition) is 4. The number of ether oxygens (including phenoxy) is 3. The predicted octanol–water partition coefficient (Wildman–Crippen LogP) is 1.30. The maximum Gasteiger partial charge on any atom is 0.394 e. The summed E-state index contributed by atoms with van der Waals surface area (Å²) in [6.07, 6.45) is 0. The first kappa shape index (κ1) is 24.7. The van der Waals surface area contributed by atoms with Gasteiger partial charge in [-0.3, -0.25) is 19.2 Å². The molecule has 0 fully saturated rings. The highest BCUT2D eigenvalue weighted by molar-refractivity contribution is 7.79. The number of carbonyl (C=O) groups is 1. The summed E-state index contributed by atoms with van der Waals surface area (Å²) in [5.74, 6) is 0.780. The number of benzene rings is 2. The predicted molar refractivity (Wildman–Crippen MR) is 110 cm³/mol. The van der Waals surface area contributed by atoms with Crippen LogP contribution < -0.4 is 25.3 Å². The second-order valence-electron chi connectivity index (χ2n) is 5.50. The minimum atomic E-state index is -4.67. The zero-order chi connectivity index (χ0) is 22.7. The van der Waals surface area contributed by atoms with Gasteiger partial charge in [-0.1, -0.05) is 30.3 Å². The molecular formula is C18H23N3O8S. The van der Waals surface area contributed by atoms with Crippen LogP contribution in [0.1, 0.15) is 15.9 Å². The smallest absolute Gasteiger partial charge is 0.394 e. The van der Waals surface area contributed by atoms with Crippen LogP contribution in [0.4, 0.5) is 0 Å². The standard InChI is InChI=1S/C18H21N3O4.H2O4S/c1-23-14-9-13(10-15(24-2)16(14)25-3)17(22)21-18(19)20-11-12-7-5-4-6-8-12;1-5(2,3)4/h4-10H,11H2,1-3H3,(H3,19,20,21,22);(H2,1,2,3,4). The van der Waals surface area contributed by atoms with Crippen molar-refractivity contribution < 1.29 is 36.5 Å². The number of aliphatic imine (C=N–C) groups is 1. The summed E-state index contributed by atoms with van der Waals surface area (Å²) in [5.41, 5.74) is 7.09. The molecule has 0 saturated heterocycles. The average Bonchev–Trinajstić information content (AvgIpc) is 2.70. The van der Waals surface area contributed by atoms with Crippen LogP contribution in [-0.4, -0.2) is 50.7 Å². The van der Waals surface area contributed by atoms with Crippen molar-refractivity contribution in [2.24, 2.45) is 10.7 Å². The Balaban J connectivity index is 0.000000804. The lowest BCUT2D eigenvalue weighted by molar-refractivity contribution is 0.0975. The molecule has 0 saturated carbocycles. The van der Waals surface area contributed by atoms with Gasteiger partial charge in [-0.15, -0.1) is 0 Å². The highest BCUT2D eigenvalue weighted by Gasteiger charge is 2.17. The molecule has 0 aromatic heterocycles. The van der Waals surface area contributed by atoms with E-state index in [1.807, 2.05) is 30.3 Å². The first-order chi connectivity index (χ1) is 14.1. The lowest BCUT2D eigenvalue weighted by Crippen LogP contribution is -2.36. The third kappa shape index (κ3) is 8.77. The molecule has 11 nitrogen and oxygen atoms in total. The fourth-order valence-electron chi connectivity index (χ4n) is 2.20. The number of guanidine groups is 1. The summed E-state index contributed by atoms with van der Waals surface area (Å²) >= 11 is 0. The summed E-state index contributed by atoms with van der Waals surface area (Å²) < 4.78 is 47.3. The molecule has 30 heavy (non-hydrogen) atoms.